The van der Waals surface area contributed by atoms with Crippen molar-refractivity contribution in [3.05, 3.63) is 101 Å². The smallest absolute Gasteiger partial charge is 0.211 e. The van der Waals surface area contributed by atoms with Gasteiger partial charge in [-0.2, -0.15) is 0 Å². The number of para-hydroxylation sites is 2. The third-order valence-corrected chi connectivity index (χ3v) is 6.38. The number of fused-ring (bicyclic) bond motifs is 1. The lowest BCUT2D eigenvalue weighted by atomic mass is 9.94. The SMILES string of the molecule is Cn1c(=Nc2ccc(C3=CCCCC3)cc2)n(Cc2ccc(CO)cc2)c2ccccc21. The van der Waals surface area contributed by atoms with Gasteiger partial charge < -0.3 is 14.2 Å². The minimum atomic E-state index is 0.0647. The molecule has 1 N–H and O–H groups in total. The van der Waals surface area contributed by atoms with Crippen LogP contribution in [0.1, 0.15) is 42.4 Å². The molecule has 32 heavy (non-hydrogen) atoms. The first-order valence-corrected chi connectivity index (χ1v) is 11.4. The summed E-state index contributed by atoms with van der Waals surface area (Å²) in [5, 5.41) is 9.35. The summed E-state index contributed by atoms with van der Waals surface area (Å²) in [5.74, 6) is 0. The van der Waals surface area contributed by atoms with Crippen molar-refractivity contribution in [3.8, 4) is 0 Å². The van der Waals surface area contributed by atoms with Crippen LogP contribution >= 0.6 is 0 Å². The quantitative estimate of drug-likeness (QED) is 0.439. The highest BCUT2D eigenvalue weighted by molar-refractivity contribution is 5.76. The number of rotatable bonds is 5. The van der Waals surface area contributed by atoms with Crippen LogP contribution in [0.5, 0.6) is 0 Å². The van der Waals surface area contributed by atoms with E-state index in [9.17, 15) is 5.11 Å². The first-order valence-electron chi connectivity index (χ1n) is 11.4. The van der Waals surface area contributed by atoms with Crippen LogP contribution in [-0.2, 0) is 20.2 Å². The van der Waals surface area contributed by atoms with Crippen LogP contribution in [0.4, 0.5) is 5.69 Å². The van der Waals surface area contributed by atoms with Crippen LogP contribution < -0.4 is 5.62 Å². The van der Waals surface area contributed by atoms with Crippen LogP contribution in [0.3, 0.4) is 0 Å². The van der Waals surface area contributed by atoms with Gasteiger partial charge in [0, 0.05) is 7.05 Å². The van der Waals surface area contributed by atoms with Gasteiger partial charge in [-0.15, -0.1) is 0 Å². The van der Waals surface area contributed by atoms with E-state index in [-0.39, 0.29) is 6.61 Å². The molecular formula is C28H29N3O. The number of aromatic nitrogens is 2. The minimum Gasteiger partial charge on any atom is -0.392 e. The maximum absolute atomic E-state index is 9.35. The highest BCUT2D eigenvalue weighted by Crippen LogP contribution is 2.28. The molecule has 4 aromatic rings. The summed E-state index contributed by atoms with van der Waals surface area (Å²) in [5.41, 5.74) is 9.08. The maximum atomic E-state index is 9.35. The van der Waals surface area contributed by atoms with Crippen molar-refractivity contribution in [2.24, 2.45) is 12.0 Å². The van der Waals surface area contributed by atoms with Crippen molar-refractivity contribution in [3.63, 3.8) is 0 Å². The van der Waals surface area contributed by atoms with Crippen molar-refractivity contribution in [2.75, 3.05) is 0 Å². The Bertz CT molecular complexity index is 1320. The van der Waals surface area contributed by atoms with Crippen molar-refractivity contribution >= 4 is 22.3 Å². The molecule has 0 atom stereocenters. The average Bonchev–Trinajstić information content (AvgIpc) is 3.11. The molecule has 3 aromatic carbocycles. The lowest BCUT2D eigenvalue weighted by Crippen LogP contribution is -2.24. The van der Waals surface area contributed by atoms with Gasteiger partial charge in [0.25, 0.3) is 0 Å². The van der Waals surface area contributed by atoms with Crippen LogP contribution in [0, 0.1) is 0 Å². The number of nitrogens with zero attached hydrogens (tertiary/aromatic N) is 3. The predicted octanol–water partition coefficient (Wildman–Crippen LogP) is 5.71. The Kier molecular flexibility index (Phi) is 5.78. The van der Waals surface area contributed by atoms with E-state index in [0.29, 0.717) is 0 Å². The van der Waals surface area contributed by atoms with Gasteiger partial charge in [0.05, 0.1) is 29.9 Å². The molecular weight excluding hydrogens is 394 g/mol. The van der Waals surface area contributed by atoms with E-state index in [0.717, 1.165) is 34.4 Å². The Labute approximate surface area is 188 Å². The molecule has 0 aliphatic heterocycles. The molecule has 0 fully saturated rings. The lowest BCUT2D eigenvalue weighted by molar-refractivity contribution is 0.282. The largest absolute Gasteiger partial charge is 0.392 e. The van der Waals surface area contributed by atoms with Crippen LogP contribution in [0.2, 0.25) is 0 Å². The minimum absolute atomic E-state index is 0.0647. The molecule has 162 valence electrons. The van der Waals surface area contributed by atoms with Gasteiger partial charge in [0.2, 0.25) is 5.62 Å². The van der Waals surface area contributed by atoms with Gasteiger partial charge in [0.1, 0.15) is 0 Å². The summed E-state index contributed by atoms with van der Waals surface area (Å²) in [6.45, 7) is 0.784. The van der Waals surface area contributed by atoms with Gasteiger partial charge in [0.15, 0.2) is 0 Å². The number of benzene rings is 3. The van der Waals surface area contributed by atoms with Crippen LogP contribution in [0.25, 0.3) is 16.6 Å². The third kappa shape index (κ3) is 4.06. The topological polar surface area (TPSA) is 42.5 Å². The third-order valence-electron chi connectivity index (χ3n) is 6.38. The molecule has 0 spiro atoms. The second kappa shape index (κ2) is 9.01. The monoisotopic (exact) mass is 423 g/mol. The zero-order valence-corrected chi connectivity index (χ0v) is 18.5. The van der Waals surface area contributed by atoms with E-state index in [4.69, 9.17) is 4.99 Å². The first-order chi connectivity index (χ1) is 15.7. The lowest BCUT2D eigenvalue weighted by Gasteiger charge is -2.12. The normalized spacial score (nSPS) is 14.7. The second-order valence-corrected chi connectivity index (χ2v) is 8.54. The fraction of sp³-hybridized carbons (Fsp3) is 0.250. The fourth-order valence-corrected chi connectivity index (χ4v) is 4.56. The number of hydrogen-bond donors (Lipinski definition) is 1. The van der Waals surface area contributed by atoms with E-state index >= 15 is 0 Å². The Morgan fingerprint density at radius 2 is 1.56 bits per heavy atom. The predicted molar refractivity (Wildman–Crippen MR) is 130 cm³/mol. The number of hydrogen-bond acceptors (Lipinski definition) is 2. The summed E-state index contributed by atoms with van der Waals surface area (Å²) in [7, 11) is 2.08. The Morgan fingerprint density at radius 3 is 2.25 bits per heavy atom. The van der Waals surface area contributed by atoms with E-state index in [2.05, 4.69) is 82.9 Å². The Hall–Kier alpha value is -3.37. The molecule has 4 nitrogen and oxygen atoms in total. The van der Waals surface area contributed by atoms with Gasteiger partial charge in [-0.3, -0.25) is 0 Å². The van der Waals surface area contributed by atoms with Gasteiger partial charge in [-0.1, -0.05) is 54.6 Å². The number of imidazole rings is 1. The number of allylic oxidation sites excluding steroid dienone is 2. The van der Waals surface area contributed by atoms with Gasteiger partial charge >= 0.3 is 0 Å². The number of aliphatic hydroxyl groups is 1. The van der Waals surface area contributed by atoms with Crippen molar-refractivity contribution in [1.82, 2.24) is 9.13 Å². The molecule has 1 aromatic heterocycles. The molecule has 1 aliphatic rings. The van der Waals surface area contributed by atoms with Gasteiger partial charge in [-0.25, -0.2) is 4.99 Å². The summed E-state index contributed by atoms with van der Waals surface area (Å²) in [6.07, 6.45) is 7.34. The average molecular weight is 424 g/mol. The van der Waals surface area contributed by atoms with Crippen LogP contribution in [0.15, 0.2) is 83.9 Å². The highest BCUT2D eigenvalue weighted by atomic mass is 16.3. The van der Waals surface area contributed by atoms with E-state index in [1.165, 1.54) is 42.4 Å². The van der Waals surface area contributed by atoms with Crippen molar-refractivity contribution in [1.29, 1.82) is 0 Å². The maximum Gasteiger partial charge on any atom is 0.211 e. The van der Waals surface area contributed by atoms with E-state index < -0.39 is 0 Å². The van der Waals surface area contributed by atoms with Crippen LogP contribution in [-0.4, -0.2) is 14.2 Å². The Balaban J connectivity index is 1.56. The molecule has 0 bridgehead atoms. The van der Waals surface area contributed by atoms with Gasteiger partial charge in [-0.05, 0) is 72.2 Å². The summed E-state index contributed by atoms with van der Waals surface area (Å²) in [6, 6.07) is 25.2. The van der Waals surface area contributed by atoms with E-state index in [1.807, 2.05) is 12.1 Å². The molecule has 0 unspecified atom stereocenters. The highest BCUT2D eigenvalue weighted by Gasteiger charge is 2.10. The molecule has 1 aliphatic carbocycles. The van der Waals surface area contributed by atoms with Crippen molar-refractivity contribution < 1.29 is 5.11 Å². The standard InChI is InChI=1S/C28H29N3O/c1-30-26-9-5-6-10-27(26)31(19-21-11-13-22(20-32)14-12-21)28(30)29-25-17-15-24(16-18-25)23-7-3-2-4-8-23/h5-7,9-18,32H,2-4,8,19-20H2,1H3. The summed E-state index contributed by atoms with van der Waals surface area (Å²) >= 11 is 0. The number of aliphatic hydroxyl groups excluding tert-OH is 1. The molecule has 0 saturated carbocycles. The molecule has 1 heterocycles. The number of aryl methyl sites for hydroxylation is 1. The van der Waals surface area contributed by atoms with Crippen molar-refractivity contribution in [2.45, 2.75) is 38.8 Å². The molecule has 0 amide bonds. The molecule has 0 radical (unpaired) electrons. The zero-order valence-electron chi connectivity index (χ0n) is 18.5. The Morgan fingerprint density at radius 1 is 0.844 bits per heavy atom. The molecule has 4 heteroatoms. The molecule has 5 rings (SSSR count). The molecule has 0 saturated heterocycles. The first kappa shape index (κ1) is 20.5. The zero-order chi connectivity index (χ0) is 21.9. The summed E-state index contributed by atoms with van der Waals surface area (Å²) < 4.78 is 4.43. The van der Waals surface area contributed by atoms with E-state index in [1.54, 1.807) is 0 Å². The summed E-state index contributed by atoms with van der Waals surface area (Å²) in [4.78, 5) is 5.06. The fourth-order valence-electron chi connectivity index (χ4n) is 4.56. The second-order valence-electron chi connectivity index (χ2n) is 8.54.